The lowest BCUT2D eigenvalue weighted by Crippen LogP contribution is -2.38. The maximum atomic E-state index is 12.8. The average molecular weight is 717 g/mol. The summed E-state index contributed by atoms with van der Waals surface area (Å²) >= 11 is 0. The lowest BCUT2D eigenvalue weighted by atomic mass is 9.96. The zero-order valence-corrected chi connectivity index (χ0v) is 29.9. The number of anilines is 1. The first-order valence-corrected chi connectivity index (χ1v) is 18.6. The van der Waals surface area contributed by atoms with Crippen LogP contribution in [0.3, 0.4) is 0 Å². The predicted octanol–water partition coefficient (Wildman–Crippen LogP) is 6.04. The lowest BCUT2D eigenvalue weighted by molar-refractivity contribution is 0.0563. The van der Waals surface area contributed by atoms with Gasteiger partial charge in [-0.15, -0.1) is 0 Å². The first-order valence-electron chi connectivity index (χ1n) is 18.6. The molecular formula is C42H48N6O5. The molecule has 0 saturated carbocycles. The van der Waals surface area contributed by atoms with Crippen molar-refractivity contribution in [3.05, 3.63) is 124 Å². The average Bonchev–Trinajstić information content (AvgIpc) is 3.17. The van der Waals surface area contributed by atoms with Gasteiger partial charge < -0.3 is 25.3 Å². The van der Waals surface area contributed by atoms with Crippen molar-refractivity contribution in [2.75, 3.05) is 44.6 Å². The minimum Gasteiger partial charge on any atom is -0.506 e. The molecule has 11 heteroatoms. The number of likely N-dealkylation sites (tertiary alicyclic amines) is 2. The molecule has 0 radical (unpaired) electrons. The number of ether oxygens (including phenoxy) is 1. The van der Waals surface area contributed by atoms with E-state index in [2.05, 4.69) is 43.6 Å². The number of benzene rings is 3. The van der Waals surface area contributed by atoms with Crippen molar-refractivity contribution in [2.45, 2.75) is 51.0 Å². The number of amides is 1. The summed E-state index contributed by atoms with van der Waals surface area (Å²) in [4.78, 5) is 37.1. The summed E-state index contributed by atoms with van der Waals surface area (Å²) in [5.41, 5.74) is 5.60. The van der Waals surface area contributed by atoms with Gasteiger partial charge in [0, 0.05) is 49.7 Å². The van der Waals surface area contributed by atoms with Crippen LogP contribution < -0.4 is 16.2 Å². The summed E-state index contributed by atoms with van der Waals surface area (Å²) in [7, 11) is 0. The summed E-state index contributed by atoms with van der Waals surface area (Å²) in [6.07, 6.45) is 2.41. The van der Waals surface area contributed by atoms with Crippen molar-refractivity contribution in [1.29, 1.82) is 0 Å². The number of nitrogens with one attached hydrogen (secondary N) is 3. The number of fused-ring (bicyclic) bond motifs is 1. The van der Waals surface area contributed by atoms with Crippen molar-refractivity contribution in [3.8, 4) is 16.9 Å². The maximum Gasteiger partial charge on any atom is 0.411 e. The Hall–Kier alpha value is -5.07. The number of aromatic nitrogens is 2. The van der Waals surface area contributed by atoms with Crippen LogP contribution in [0.4, 0.5) is 10.5 Å². The van der Waals surface area contributed by atoms with E-state index in [1.807, 2.05) is 54.6 Å². The highest BCUT2D eigenvalue weighted by Gasteiger charge is 2.24. The first kappa shape index (κ1) is 36.3. The Balaban J connectivity index is 0.813. The Morgan fingerprint density at radius 1 is 0.830 bits per heavy atom. The van der Waals surface area contributed by atoms with Gasteiger partial charge in [-0.25, -0.2) is 4.79 Å². The molecule has 1 amide bonds. The fourth-order valence-electron chi connectivity index (χ4n) is 7.53. The van der Waals surface area contributed by atoms with Crippen molar-refractivity contribution in [1.82, 2.24) is 25.1 Å². The summed E-state index contributed by atoms with van der Waals surface area (Å²) in [5, 5.41) is 28.1. The maximum absolute atomic E-state index is 12.8. The molecule has 0 bridgehead atoms. The molecule has 7 rings (SSSR count). The molecule has 5 N–H and O–H groups in total. The number of piperidine rings is 2. The number of phenolic OH excluding ortho intramolecular Hbond substituents is 1. The second kappa shape index (κ2) is 17.2. The van der Waals surface area contributed by atoms with Gasteiger partial charge in [-0.1, -0.05) is 60.7 Å². The molecule has 3 aromatic carbocycles. The Kier molecular flexibility index (Phi) is 11.8. The molecule has 1 atom stereocenters. The summed E-state index contributed by atoms with van der Waals surface area (Å²) in [5.74, 6) is 0.511. The van der Waals surface area contributed by atoms with Gasteiger partial charge in [-0.05, 0) is 92.7 Å². The van der Waals surface area contributed by atoms with E-state index < -0.39 is 12.2 Å². The first-order chi connectivity index (χ1) is 25.9. The number of pyridine rings is 2. The van der Waals surface area contributed by atoms with Gasteiger partial charge in [0.2, 0.25) is 5.56 Å². The molecule has 11 nitrogen and oxygen atoms in total. The van der Waals surface area contributed by atoms with Gasteiger partial charge in [0.25, 0.3) is 0 Å². The normalized spacial score (nSPS) is 16.8. The van der Waals surface area contributed by atoms with Crippen LogP contribution >= 0.6 is 0 Å². The van der Waals surface area contributed by atoms with E-state index in [1.54, 1.807) is 12.1 Å². The van der Waals surface area contributed by atoms with Gasteiger partial charge >= 0.3 is 6.09 Å². The minimum atomic E-state index is -0.761. The standard InChI is InChI=1S/C42H48N6O5/c49-38-15-13-35(36-14-16-40(51)46-41(36)38)39(50)26-43-25-29-17-21-47(22-18-29)27-31-9-6-10-32(44-31)28-48-23-19-33(20-24-48)53-42(52)45-37-12-5-4-11-34(37)30-7-2-1-3-8-30/h1-16,29,33,39,43,49-50H,17-28H2,(H,45,52)(H,46,51)/t39-/m1/s1. The molecule has 0 aliphatic carbocycles. The van der Waals surface area contributed by atoms with E-state index in [-0.39, 0.29) is 17.4 Å². The van der Waals surface area contributed by atoms with E-state index in [9.17, 15) is 19.8 Å². The molecule has 0 spiro atoms. The minimum absolute atomic E-state index is 0.0112. The Morgan fingerprint density at radius 2 is 1.51 bits per heavy atom. The summed E-state index contributed by atoms with van der Waals surface area (Å²) < 4.78 is 5.84. The van der Waals surface area contributed by atoms with E-state index >= 15 is 0 Å². The number of carbonyl (C=O) groups excluding carboxylic acids is 1. The zero-order valence-electron chi connectivity index (χ0n) is 29.9. The monoisotopic (exact) mass is 716 g/mol. The number of aliphatic hydroxyl groups is 1. The number of para-hydroxylation sites is 1. The molecule has 53 heavy (non-hydrogen) atoms. The number of rotatable bonds is 12. The van der Waals surface area contributed by atoms with E-state index in [0.29, 0.717) is 28.9 Å². The molecular weight excluding hydrogens is 668 g/mol. The SMILES string of the molecule is O=C(Nc1ccccc1-c1ccccc1)OC1CCN(Cc2cccc(CN3CCC(CNC[C@@H](O)c4ccc(O)c5[nH]c(=O)ccc45)CC3)n2)CC1. The van der Waals surface area contributed by atoms with Crippen molar-refractivity contribution in [2.24, 2.45) is 5.92 Å². The lowest BCUT2D eigenvalue weighted by Gasteiger charge is -2.32. The number of nitrogens with zero attached hydrogens (tertiary/aromatic N) is 3. The highest BCUT2D eigenvalue weighted by molar-refractivity contribution is 5.91. The van der Waals surface area contributed by atoms with Gasteiger partial charge in [-0.2, -0.15) is 0 Å². The summed E-state index contributed by atoms with van der Waals surface area (Å²) in [6, 6.07) is 30.4. The number of aliphatic hydroxyl groups excluding tert-OH is 1. The van der Waals surface area contributed by atoms with Crippen LogP contribution in [-0.4, -0.2) is 81.4 Å². The Bertz CT molecular complexity index is 2040. The van der Waals surface area contributed by atoms with Crippen LogP contribution in [0, 0.1) is 5.92 Å². The largest absolute Gasteiger partial charge is 0.506 e. The number of aromatic amines is 1. The number of H-pyrrole nitrogens is 1. The van der Waals surface area contributed by atoms with Gasteiger partial charge in [0.15, 0.2) is 0 Å². The van der Waals surface area contributed by atoms with Gasteiger partial charge in [0.05, 0.1) is 28.7 Å². The topological polar surface area (TPSA) is 143 Å². The fraction of sp³-hybridized carbons (Fsp3) is 0.357. The second-order valence-electron chi connectivity index (χ2n) is 14.2. The highest BCUT2D eigenvalue weighted by Crippen LogP contribution is 2.30. The zero-order chi connectivity index (χ0) is 36.6. The molecule has 2 aliphatic rings. The highest BCUT2D eigenvalue weighted by atomic mass is 16.6. The fourth-order valence-corrected chi connectivity index (χ4v) is 7.53. The quantitative estimate of drug-likeness (QED) is 0.104. The number of phenols is 1. The van der Waals surface area contributed by atoms with Crippen LogP contribution in [0.15, 0.2) is 102 Å². The summed E-state index contributed by atoms with van der Waals surface area (Å²) in [6.45, 7) is 6.48. The van der Waals surface area contributed by atoms with Gasteiger partial charge in [0.1, 0.15) is 11.9 Å². The number of hydrogen-bond donors (Lipinski definition) is 5. The Labute approximate surface area is 309 Å². The second-order valence-corrected chi connectivity index (χ2v) is 14.2. The number of carbonyl (C=O) groups is 1. The van der Waals surface area contributed by atoms with Crippen LogP contribution in [0.25, 0.3) is 22.0 Å². The molecule has 2 fully saturated rings. The van der Waals surface area contributed by atoms with Crippen LogP contribution in [0.2, 0.25) is 0 Å². The van der Waals surface area contributed by atoms with E-state index in [0.717, 1.165) is 99.7 Å². The molecule has 276 valence electrons. The molecule has 2 aliphatic heterocycles. The van der Waals surface area contributed by atoms with Crippen LogP contribution in [0.5, 0.6) is 5.75 Å². The smallest absolute Gasteiger partial charge is 0.411 e. The van der Waals surface area contributed by atoms with Gasteiger partial charge in [-0.3, -0.25) is 24.9 Å². The third kappa shape index (κ3) is 9.49. The van der Waals surface area contributed by atoms with E-state index in [4.69, 9.17) is 9.72 Å². The van der Waals surface area contributed by atoms with Crippen LogP contribution in [-0.2, 0) is 17.8 Å². The third-order valence-corrected chi connectivity index (χ3v) is 10.4. The molecule has 5 aromatic rings. The molecule has 4 heterocycles. The Morgan fingerprint density at radius 3 is 2.25 bits per heavy atom. The van der Waals surface area contributed by atoms with Crippen LogP contribution in [0.1, 0.15) is 48.7 Å². The van der Waals surface area contributed by atoms with Crippen molar-refractivity contribution >= 4 is 22.7 Å². The third-order valence-electron chi connectivity index (χ3n) is 10.4. The molecule has 2 saturated heterocycles. The molecule has 2 aromatic heterocycles. The van der Waals surface area contributed by atoms with Crippen molar-refractivity contribution in [3.63, 3.8) is 0 Å². The van der Waals surface area contributed by atoms with Crippen molar-refractivity contribution < 1.29 is 19.7 Å². The predicted molar refractivity (Wildman–Crippen MR) is 207 cm³/mol. The molecule has 0 unspecified atom stereocenters. The number of hydrogen-bond acceptors (Lipinski definition) is 9. The van der Waals surface area contributed by atoms with E-state index in [1.165, 1.54) is 12.1 Å². The number of aromatic hydroxyl groups is 1.